The summed E-state index contributed by atoms with van der Waals surface area (Å²) >= 11 is 7.62. The van der Waals surface area contributed by atoms with Gasteiger partial charge >= 0.3 is 0 Å². The van der Waals surface area contributed by atoms with Crippen molar-refractivity contribution in [2.24, 2.45) is 0 Å². The molecule has 3 aliphatic rings. The van der Waals surface area contributed by atoms with Crippen LogP contribution < -0.4 is 0 Å². The van der Waals surface area contributed by atoms with Crippen LogP contribution in [0.4, 0.5) is 0 Å². The van der Waals surface area contributed by atoms with Crippen LogP contribution in [0.3, 0.4) is 0 Å². The molecule has 186 valence electrons. The van der Waals surface area contributed by atoms with E-state index in [1.807, 2.05) is 3.59 Å². The van der Waals surface area contributed by atoms with Crippen molar-refractivity contribution in [2.75, 3.05) is 0 Å². The number of aromatic nitrogens is 4. The van der Waals surface area contributed by atoms with Crippen molar-refractivity contribution in [3.05, 3.63) is 118 Å². The zero-order chi connectivity index (χ0) is 26.1. The first-order valence-electron chi connectivity index (χ1n) is 12.8. The van der Waals surface area contributed by atoms with Crippen molar-refractivity contribution in [2.45, 2.75) is 6.42 Å². The van der Waals surface area contributed by atoms with Gasteiger partial charge in [0.25, 0.3) is 0 Å². The molecule has 0 atom stereocenters. The average molecular weight is 648 g/mol. The number of benzene rings is 1. The largest absolute Gasteiger partial charge is 0.277 e. The van der Waals surface area contributed by atoms with Crippen LogP contribution in [0.1, 0.15) is 33.5 Å². The summed E-state index contributed by atoms with van der Waals surface area (Å²) in [7, 11) is -1.14. The van der Waals surface area contributed by atoms with Gasteiger partial charge in [-0.1, -0.05) is 42.1 Å². The fourth-order valence-corrected chi connectivity index (χ4v) is 9.50. The summed E-state index contributed by atoms with van der Waals surface area (Å²) in [6.45, 7) is 0. The van der Waals surface area contributed by atoms with Crippen molar-refractivity contribution >= 4 is 87.1 Å². The first-order valence-corrected chi connectivity index (χ1v) is 15.8. The van der Waals surface area contributed by atoms with Crippen molar-refractivity contribution in [1.29, 1.82) is 0 Å². The van der Waals surface area contributed by atoms with Gasteiger partial charge in [-0.3, -0.25) is 7.19 Å². The van der Waals surface area contributed by atoms with Crippen LogP contribution >= 0.6 is 32.3 Å². The Kier molecular flexibility index (Phi) is 5.33. The molecule has 0 saturated carbocycles. The summed E-state index contributed by atoms with van der Waals surface area (Å²) in [5.74, 6) is 0. The lowest BCUT2D eigenvalue weighted by atomic mass is 10.1. The molecule has 0 saturated heterocycles. The lowest BCUT2D eigenvalue weighted by molar-refractivity contribution is 1.30. The van der Waals surface area contributed by atoms with E-state index in [1.165, 1.54) is 21.9 Å². The Bertz CT molecular complexity index is 2080. The van der Waals surface area contributed by atoms with Crippen LogP contribution in [-0.4, -0.2) is 25.6 Å². The van der Waals surface area contributed by atoms with Gasteiger partial charge in [-0.2, -0.15) is 0 Å². The second-order valence-electron chi connectivity index (χ2n) is 9.95. The van der Waals surface area contributed by atoms with E-state index >= 15 is 0 Å². The predicted octanol–water partition coefficient (Wildman–Crippen LogP) is 8.50. The minimum Gasteiger partial charge on any atom is -0.277 e. The van der Waals surface area contributed by atoms with E-state index in [9.17, 15) is 0 Å². The summed E-state index contributed by atoms with van der Waals surface area (Å²) in [4.78, 5) is 9.84. The van der Waals surface area contributed by atoms with Crippen molar-refractivity contribution < 1.29 is 0 Å². The molecule has 0 unspecified atom stereocenters. The van der Waals surface area contributed by atoms with Crippen molar-refractivity contribution in [1.82, 2.24) is 17.2 Å². The number of hydrogen-bond acceptors (Lipinski definition) is 2. The summed E-state index contributed by atoms with van der Waals surface area (Å²) in [5, 5.41) is 2.90. The zero-order valence-electron chi connectivity index (χ0n) is 20.6. The monoisotopic (exact) mass is 646 g/mol. The molecule has 4 aromatic heterocycles. The van der Waals surface area contributed by atoms with Crippen LogP contribution in [0.5, 0.6) is 0 Å². The second kappa shape index (κ2) is 8.94. The molecule has 7 heteroatoms. The number of rotatable bonds is 1. The van der Waals surface area contributed by atoms with E-state index in [0.29, 0.717) is 0 Å². The fourth-order valence-electron chi connectivity index (χ4n) is 5.75. The van der Waals surface area contributed by atoms with Gasteiger partial charge in [0.15, 0.2) is 0 Å². The molecule has 0 N–H and O–H groups in total. The lowest BCUT2D eigenvalue weighted by Gasteiger charge is -2.07. The Balaban J connectivity index is 1.44. The fraction of sp³-hybridized carbons (Fsp3) is 0.0312. The van der Waals surface area contributed by atoms with Gasteiger partial charge in [-0.25, -0.2) is 9.97 Å². The van der Waals surface area contributed by atoms with Gasteiger partial charge < -0.3 is 0 Å². The maximum atomic E-state index is 4.95. The Labute approximate surface area is 243 Å². The highest BCUT2D eigenvalue weighted by Crippen LogP contribution is 2.38. The van der Waals surface area contributed by atoms with Gasteiger partial charge in [0.2, 0.25) is 0 Å². The number of halogens is 2. The Morgan fingerprint density at radius 3 is 1.95 bits per heavy atom. The van der Waals surface area contributed by atoms with E-state index in [1.54, 1.807) is 5.17 Å². The van der Waals surface area contributed by atoms with E-state index < -0.39 is 8.40 Å². The van der Waals surface area contributed by atoms with E-state index in [2.05, 4.69) is 145 Å². The van der Waals surface area contributed by atoms with Crippen LogP contribution in [0.25, 0.3) is 62.7 Å². The molecule has 8 rings (SSSR count). The van der Waals surface area contributed by atoms with E-state index in [0.717, 1.165) is 51.3 Å². The molecule has 1 aromatic carbocycles. The SMILES string of the molecule is Brn1c2ccc1cc1nc(cc3c(-[si]4cccc5c4Cc4ccccc4-5)cc(cc4nc(c2)C=C4)n3Br)C=C1. The highest BCUT2D eigenvalue weighted by molar-refractivity contribution is 9.08. The van der Waals surface area contributed by atoms with Crippen molar-refractivity contribution in [3.8, 4) is 16.3 Å². The summed E-state index contributed by atoms with van der Waals surface area (Å²) < 4.78 is 4.11. The highest BCUT2D eigenvalue weighted by atomic mass is 79.9. The minimum atomic E-state index is -1.14. The molecule has 4 nitrogen and oxygen atoms in total. The topological polar surface area (TPSA) is 35.6 Å². The Morgan fingerprint density at radius 2 is 1.23 bits per heavy atom. The molecular formula is C32H20Br2N4Si. The standard InChI is InChI=1S/C32H20Br2N4Si/c33-37-25-11-12-26(37)16-22-9-10-24(36-22)18-30-32(19-27(38(30)34)17-23-8-7-21(15-25)35-23)39-13-3-6-29-28-5-2-1-4-20(28)14-31(29)39/h1-13,15-19H,14H2. The van der Waals surface area contributed by atoms with E-state index in [-0.39, 0.29) is 0 Å². The normalized spacial score (nSPS) is 13.1. The molecule has 0 spiro atoms. The van der Waals surface area contributed by atoms with Crippen molar-refractivity contribution in [3.63, 3.8) is 0 Å². The number of nitrogens with zero attached hydrogens (tertiary/aromatic N) is 4. The Morgan fingerprint density at radius 1 is 0.615 bits per heavy atom. The third-order valence-electron chi connectivity index (χ3n) is 7.56. The maximum Gasteiger partial charge on any atom is 0.0796 e. The summed E-state index contributed by atoms with van der Waals surface area (Å²) in [6, 6.07) is 28.4. The molecule has 2 aliphatic heterocycles. The Hall–Kier alpha value is -3.65. The molecule has 0 fully saturated rings. The second-order valence-corrected chi connectivity index (χ2v) is 13.7. The zero-order valence-corrected chi connectivity index (χ0v) is 24.8. The van der Waals surface area contributed by atoms with Gasteiger partial charge in [0.05, 0.1) is 85.5 Å². The minimum absolute atomic E-state index is 0.920. The molecule has 8 bridgehead atoms. The quantitative estimate of drug-likeness (QED) is 0.168. The van der Waals surface area contributed by atoms with Gasteiger partial charge in [0.1, 0.15) is 0 Å². The first-order chi connectivity index (χ1) is 19.1. The third kappa shape index (κ3) is 3.87. The number of hydrogen-bond donors (Lipinski definition) is 0. The maximum absolute atomic E-state index is 4.95. The molecule has 5 aromatic rings. The van der Waals surface area contributed by atoms with Gasteiger partial charge in [-0.05, 0) is 100 Å². The molecule has 6 heterocycles. The molecule has 0 radical (unpaired) electrons. The smallest absolute Gasteiger partial charge is 0.0796 e. The first kappa shape index (κ1) is 23.3. The van der Waals surface area contributed by atoms with E-state index in [4.69, 9.17) is 9.97 Å². The molecular weight excluding hydrogens is 628 g/mol. The van der Waals surface area contributed by atoms with Gasteiger partial charge in [-0.15, -0.1) is 0 Å². The third-order valence-corrected chi connectivity index (χ3v) is 11.8. The lowest BCUT2D eigenvalue weighted by Crippen LogP contribution is -2.03. The average Bonchev–Trinajstić information content (AvgIpc) is 3.76. The van der Waals surface area contributed by atoms with Crippen LogP contribution in [0, 0.1) is 0 Å². The predicted molar refractivity (Wildman–Crippen MR) is 170 cm³/mol. The van der Waals surface area contributed by atoms with Crippen LogP contribution in [0.2, 0.25) is 0 Å². The van der Waals surface area contributed by atoms with Crippen LogP contribution in [0.15, 0.2) is 84.5 Å². The molecule has 1 aliphatic carbocycles. The number of fused-ring (bicyclic) bond motifs is 11. The highest BCUT2D eigenvalue weighted by Gasteiger charge is 2.23. The van der Waals surface area contributed by atoms with Gasteiger partial charge in [0, 0.05) is 0 Å². The van der Waals surface area contributed by atoms with Crippen LogP contribution in [-0.2, 0) is 6.42 Å². The molecule has 39 heavy (non-hydrogen) atoms. The summed E-state index contributed by atoms with van der Waals surface area (Å²) in [6.07, 6.45) is 9.31. The summed E-state index contributed by atoms with van der Waals surface area (Å²) in [5.41, 5.74) is 14.6. The molecule has 0 amide bonds.